The van der Waals surface area contributed by atoms with Gasteiger partial charge in [0.15, 0.2) is 6.23 Å². The number of nitrogen functional groups attached to an aromatic ring is 1. The highest BCUT2D eigenvalue weighted by atomic mass is 16.5. The van der Waals surface area contributed by atoms with E-state index in [2.05, 4.69) is 0 Å². The molecule has 0 amide bonds. The van der Waals surface area contributed by atoms with E-state index in [4.69, 9.17) is 16.2 Å². The van der Waals surface area contributed by atoms with E-state index in [-0.39, 0.29) is 6.23 Å². The van der Waals surface area contributed by atoms with E-state index in [1.165, 1.54) is 0 Å². The van der Waals surface area contributed by atoms with Gasteiger partial charge in [0.05, 0.1) is 0 Å². The summed E-state index contributed by atoms with van der Waals surface area (Å²) in [6.45, 7) is 2.01. The van der Waals surface area contributed by atoms with Crippen LogP contribution in [0.3, 0.4) is 0 Å². The molecule has 3 heteroatoms. The molecule has 0 saturated carbocycles. The summed E-state index contributed by atoms with van der Waals surface area (Å²) in [4.78, 5) is 0. The van der Waals surface area contributed by atoms with Gasteiger partial charge in [-0.25, -0.2) is 0 Å². The van der Waals surface area contributed by atoms with Crippen molar-refractivity contribution >= 4 is 11.3 Å². The summed E-state index contributed by atoms with van der Waals surface area (Å²) < 4.78 is 5.40. The molecular weight excluding hydrogens is 164 g/mol. The Balaban J connectivity index is 2.54. The van der Waals surface area contributed by atoms with Crippen molar-refractivity contribution < 1.29 is 4.74 Å². The first-order chi connectivity index (χ1) is 6.16. The Hall–Kier alpha value is -1.48. The van der Waals surface area contributed by atoms with Crippen molar-refractivity contribution in [3.05, 3.63) is 29.8 Å². The zero-order valence-corrected chi connectivity index (χ0v) is 7.45. The van der Waals surface area contributed by atoms with E-state index in [1.807, 2.05) is 25.1 Å². The largest absolute Gasteiger partial charge is 0.471 e. The lowest BCUT2D eigenvalue weighted by Gasteiger charge is -2.21. The predicted molar refractivity (Wildman–Crippen MR) is 53.1 cm³/mol. The molecule has 1 aromatic carbocycles. The summed E-state index contributed by atoms with van der Waals surface area (Å²) in [5.74, 6) is 0.771. The molecule has 0 spiro atoms. The van der Waals surface area contributed by atoms with Gasteiger partial charge in [0, 0.05) is 17.3 Å². The van der Waals surface area contributed by atoms with Gasteiger partial charge in [0.25, 0.3) is 0 Å². The van der Waals surface area contributed by atoms with E-state index >= 15 is 0 Å². The molecule has 0 aliphatic carbocycles. The quantitative estimate of drug-likeness (QED) is 0.586. The van der Waals surface area contributed by atoms with Gasteiger partial charge in [-0.05, 0) is 30.7 Å². The summed E-state index contributed by atoms with van der Waals surface area (Å²) in [6.07, 6.45) is 1.53. The molecule has 0 aromatic heterocycles. The number of allylic oxidation sites excluding steroid dienone is 1. The van der Waals surface area contributed by atoms with Gasteiger partial charge < -0.3 is 10.5 Å². The van der Waals surface area contributed by atoms with Crippen LogP contribution in [-0.4, -0.2) is 6.23 Å². The number of hydrogen-bond donors (Lipinski definition) is 2. The third-order valence-corrected chi connectivity index (χ3v) is 2.11. The van der Waals surface area contributed by atoms with E-state index in [1.54, 1.807) is 6.07 Å². The SMILES string of the molecule is CC1=CC(N)Oc2cc(N)ccc21. The fraction of sp³-hybridized carbons (Fsp3) is 0.200. The first-order valence-electron chi connectivity index (χ1n) is 4.17. The third-order valence-electron chi connectivity index (χ3n) is 2.11. The van der Waals surface area contributed by atoms with Crippen molar-refractivity contribution in [1.82, 2.24) is 0 Å². The Morgan fingerprint density at radius 2 is 2.15 bits per heavy atom. The third kappa shape index (κ3) is 1.38. The van der Waals surface area contributed by atoms with Crippen LogP contribution in [0.2, 0.25) is 0 Å². The zero-order chi connectivity index (χ0) is 9.42. The highest BCUT2D eigenvalue weighted by Crippen LogP contribution is 2.31. The monoisotopic (exact) mass is 176 g/mol. The molecule has 1 aliphatic rings. The summed E-state index contributed by atoms with van der Waals surface area (Å²) in [7, 11) is 0. The van der Waals surface area contributed by atoms with Crippen LogP contribution in [0.1, 0.15) is 12.5 Å². The van der Waals surface area contributed by atoms with Crippen LogP contribution >= 0.6 is 0 Å². The van der Waals surface area contributed by atoms with Crippen molar-refractivity contribution in [3.63, 3.8) is 0 Å². The molecule has 3 nitrogen and oxygen atoms in total. The highest BCUT2D eigenvalue weighted by molar-refractivity contribution is 5.73. The van der Waals surface area contributed by atoms with E-state index in [9.17, 15) is 0 Å². The summed E-state index contributed by atoms with van der Waals surface area (Å²) in [6, 6.07) is 5.60. The van der Waals surface area contributed by atoms with Crippen LogP contribution in [0, 0.1) is 0 Å². The molecule has 1 aliphatic heterocycles. The molecule has 4 N–H and O–H groups in total. The van der Waals surface area contributed by atoms with Crippen LogP contribution < -0.4 is 16.2 Å². The topological polar surface area (TPSA) is 61.3 Å². The Labute approximate surface area is 77.0 Å². The summed E-state index contributed by atoms with van der Waals surface area (Å²) >= 11 is 0. The first-order valence-corrected chi connectivity index (χ1v) is 4.17. The molecule has 68 valence electrons. The molecule has 1 atom stereocenters. The lowest BCUT2D eigenvalue weighted by atomic mass is 10.0. The molecule has 0 radical (unpaired) electrons. The Kier molecular flexibility index (Phi) is 1.74. The number of fused-ring (bicyclic) bond motifs is 1. The molecular formula is C10H12N2O. The average molecular weight is 176 g/mol. The van der Waals surface area contributed by atoms with Crippen molar-refractivity contribution in [3.8, 4) is 5.75 Å². The number of ether oxygens (including phenoxy) is 1. The van der Waals surface area contributed by atoms with Crippen molar-refractivity contribution in [1.29, 1.82) is 0 Å². The Morgan fingerprint density at radius 1 is 1.38 bits per heavy atom. The zero-order valence-electron chi connectivity index (χ0n) is 7.45. The summed E-state index contributed by atoms with van der Waals surface area (Å²) in [5, 5.41) is 0. The maximum atomic E-state index is 5.65. The normalized spacial score (nSPS) is 20.2. The average Bonchev–Trinajstić information content (AvgIpc) is 2.02. The van der Waals surface area contributed by atoms with Crippen LogP contribution in [0.25, 0.3) is 5.57 Å². The maximum absolute atomic E-state index is 5.65. The van der Waals surface area contributed by atoms with Gasteiger partial charge >= 0.3 is 0 Å². The lowest BCUT2D eigenvalue weighted by molar-refractivity contribution is 0.253. The molecule has 0 fully saturated rings. The molecule has 1 aromatic rings. The van der Waals surface area contributed by atoms with E-state index < -0.39 is 0 Å². The van der Waals surface area contributed by atoms with Crippen LogP contribution in [-0.2, 0) is 0 Å². The van der Waals surface area contributed by atoms with Gasteiger partial charge in [-0.3, -0.25) is 5.73 Å². The van der Waals surface area contributed by atoms with Crippen LogP contribution in [0.4, 0.5) is 5.69 Å². The fourth-order valence-electron chi connectivity index (χ4n) is 1.48. The number of anilines is 1. The van der Waals surface area contributed by atoms with Crippen LogP contribution in [0.5, 0.6) is 5.75 Å². The Morgan fingerprint density at radius 3 is 2.92 bits per heavy atom. The molecule has 13 heavy (non-hydrogen) atoms. The minimum Gasteiger partial charge on any atom is -0.471 e. The van der Waals surface area contributed by atoms with Crippen molar-refractivity contribution in [2.45, 2.75) is 13.2 Å². The minimum absolute atomic E-state index is 0.353. The first kappa shape index (κ1) is 8.13. The van der Waals surface area contributed by atoms with Crippen molar-refractivity contribution in [2.75, 3.05) is 5.73 Å². The molecule has 0 saturated heterocycles. The van der Waals surface area contributed by atoms with Crippen LogP contribution in [0.15, 0.2) is 24.3 Å². The van der Waals surface area contributed by atoms with E-state index in [0.717, 1.165) is 16.9 Å². The molecule has 2 rings (SSSR count). The maximum Gasteiger partial charge on any atom is 0.167 e. The smallest absolute Gasteiger partial charge is 0.167 e. The van der Waals surface area contributed by atoms with Crippen molar-refractivity contribution in [2.24, 2.45) is 5.73 Å². The molecule has 1 heterocycles. The second-order valence-corrected chi connectivity index (χ2v) is 3.19. The molecule has 0 bridgehead atoms. The number of rotatable bonds is 0. The fourth-order valence-corrected chi connectivity index (χ4v) is 1.48. The van der Waals surface area contributed by atoms with E-state index in [0.29, 0.717) is 5.69 Å². The van der Waals surface area contributed by atoms with Gasteiger partial charge in [0.2, 0.25) is 0 Å². The number of benzene rings is 1. The lowest BCUT2D eigenvalue weighted by Crippen LogP contribution is -2.27. The highest BCUT2D eigenvalue weighted by Gasteiger charge is 2.14. The Bertz CT molecular complexity index is 371. The molecule has 1 unspecified atom stereocenters. The minimum atomic E-state index is -0.353. The number of nitrogens with two attached hydrogens (primary N) is 2. The number of hydrogen-bond acceptors (Lipinski definition) is 3. The van der Waals surface area contributed by atoms with Gasteiger partial charge in [-0.2, -0.15) is 0 Å². The van der Waals surface area contributed by atoms with Gasteiger partial charge in [-0.15, -0.1) is 0 Å². The van der Waals surface area contributed by atoms with Gasteiger partial charge in [-0.1, -0.05) is 0 Å². The summed E-state index contributed by atoms with van der Waals surface area (Å²) in [5.41, 5.74) is 14.2. The standard InChI is InChI=1S/C10H12N2O/c1-6-4-10(12)13-9-5-7(11)2-3-8(6)9/h2-5,10H,11-12H2,1H3. The second kappa shape index (κ2) is 2.78. The second-order valence-electron chi connectivity index (χ2n) is 3.19. The predicted octanol–water partition coefficient (Wildman–Crippen LogP) is 1.35. The van der Waals surface area contributed by atoms with Gasteiger partial charge in [0.1, 0.15) is 5.75 Å².